The molecule has 4 rings (SSSR count). The van der Waals surface area contributed by atoms with Gasteiger partial charge in [-0.05, 0) is 39.2 Å². The molecular weight excluding hydrogens is 461 g/mol. The molecule has 1 amide bonds. The van der Waals surface area contributed by atoms with Crippen LogP contribution in [0.15, 0.2) is 35.5 Å². The van der Waals surface area contributed by atoms with Crippen LogP contribution in [-0.4, -0.2) is 53.6 Å². The number of piperidine rings is 1. The van der Waals surface area contributed by atoms with Crippen molar-refractivity contribution in [3.63, 3.8) is 0 Å². The van der Waals surface area contributed by atoms with Gasteiger partial charge in [0.15, 0.2) is 9.84 Å². The number of pyridine rings is 2. The molecule has 1 aliphatic rings. The molecule has 0 bridgehead atoms. The Kier molecular flexibility index (Phi) is 6.24. The number of fused-ring (bicyclic) bond motifs is 1. The van der Waals surface area contributed by atoms with Gasteiger partial charge in [-0.25, -0.2) is 18.4 Å². The zero-order chi connectivity index (χ0) is 24.7. The number of nitrogens with one attached hydrogen (secondary N) is 2. The molecule has 9 nitrogen and oxygen atoms in total. The molecule has 2 N–H and O–H groups in total. The first-order valence-corrected chi connectivity index (χ1v) is 12.5. The summed E-state index contributed by atoms with van der Waals surface area (Å²) in [6, 6.07) is 4.50. The molecule has 1 atom stereocenters. The van der Waals surface area contributed by atoms with Crippen molar-refractivity contribution in [3.8, 4) is 17.0 Å². The lowest BCUT2D eigenvalue weighted by molar-refractivity contribution is -0.123. The number of carbonyl (C=O) groups is 1. The van der Waals surface area contributed by atoms with Crippen LogP contribution in [0.25, 0.3) is 16.9 Å². The van der Waals surface area contributed by atoms with Crippen LogP contribution in [0, 0.1) is 11.9 Å². The Balaban J connectivity index is 1.72. The van der Waals surface area contributed by atoms with Crippen molar-refractivity contribution in [1.82, 2.24) is 19.7 Å². The summed E-state index contributed by atoms with van der Waals surface area (Å²) in [6.45, 7) is 5.96. The number of hydrogen-bond acceptors (Lipinski definition) is 7. The molecule has 0 spiro atoms. The number of hydrogen-bond donors (Lipinski definition) is 2. The summed E-state index contributed by atoms with van der Waals surface area (Å²) in [6.07, 6.45) is 4.26. The minimum atomic E-state index is -3.73. The third-order valence-electron chi connectivity index (χ3n) is 5.90. The van der Waals surface area contributed by atoms with Gasteiger partial charge in [-0.3, -0.25) is 9.20 Å². The maximum Gasteiger partial charge on any atom is 0.220 e. The predicted molar refractivity (Wildman–Crippen MR) is 126 cm³/mol. The number of ether oxygens (including phenoxy) is 1. The molecule has 34 heavy (non-hydrogen) atoms. The van der Waals surface area contributed by atoms with E-state index in [1.165, 1.54) is 19.4 Å². The maximum atomic E-state index is 14.4. The van der Waals surface area contributed by atoms with E-state index in [1.807, 2.05) is 0 Å². The lowest BCUT2D eigenvalue weighted by Crippen LogP contribution is -2.36. The molecule has 11 heteroatoms. The Bertz CT molecular complexity index is 1350. The number of amides is 1. The van der Waals surface area contributed by atoms with Gasteiger partial charge in [-0.2, -0.15) is 4.39 Å². The van der Waals surface area contributed by atoms with E-state index >= 15 is 0 Å². The second-order valence-electron chi connectivity index (χ2n) is 9.35. The van der Waals surface area contributed by atoms with Crippen LogP contribution in [0.2, 0.25) is 0 Å². The second-order valence-corrected chi connectivity index (χ2v) is 12.0. The van der Waals surface area contributed by atoms with E-state index < -0.39 is 20.5 Å². The number of halogens is 1. The monoisotopic (exact) mass is 489 g/mol. The molecule has 0 unspecified atom stereocenters. The molecule has 0 radical (unpaired) electrons. The lowest BCUT2D eigenvalue weighted by Gasteiger charge is -2.22. The van der Waals surface area contributed by atoms with Gasteiger partial charge in [-0.1, -0.05) is 0 Å². The molecular formula is C23H28FN5O4S. The number of imidazole rings is 1. The fraction of sp³-hybridized carbons (Fsp3) is 0.435. The average molecular weight is 490 g/mol. The summed E-state index contributed by atoms with van der Waals surface area (Å²) in [5.74, 6) is -0.0254. The number of rotatable bonds is 6. The zero-order valence-electron chi connectivity index (χ0n) is 19.6. The van der Waals surface area contributed by atoms with Gasteiger partial charge in [-0.15, -0.1) is 0 Å². The highest BCUT2D eigenvalue weighted by atomic mass is 32.2. The van der Waals surface area contributed by atoms with Gasteiger partial charge in [0.2, 0.25) is 11.9 Å². The normalized spacial score (nSPS) is 17.0. The standard InChI is InChI=1S/C23H28FN5O4S/c1-23(2,3)34(31,32)18-13-29-16(12-27-21(29)10-17(18)33-4)15-8-19(24)28-20(9-15)26-11-14-5-6-25-22(30)7-14/h8-10,12-14H,5-7,11H2,1-4H3,(H,25,30)(H,26,28)/t14-/m0/s1. The molecule has 1 fully saturated rings. The van der Waals surface area contributed by atoms with Gasteiger partial charge in [0, 0.05) is 43.4 Å². The second kappa shape index (κ2) is 8.86. The molecule has 3 aromatic heterocycles. The predicted octanol–water partition coefficient (Wildman–Crippen LogP) is 3.05. The third kappa shape index (κ3) is 4.56. The summed E-state index contributed by atoms with van der Waals surface area (Å²) in [5.41, 5.74) is 1.44. The fourth-order valence-electron chi connectivity index (χ4n) is 3.90. The van der Waals surface area contributed by atoms with Crippen molar-refractivity contribution < 1.29 is 22.3 Å². The van der Waals surface area contributed by atoms with Crippen molar-refractivity contribution >= 4 is 27.2 Å². The number of sulfone groups is 1. The van der Waals surface area contributed by atoms with Gasteiger partial charge in [0.1, 0.15) is 22.1 Å². The minimum absolute atomic E-state index is 0.00751. The zero-order valence-corrected chi connectivity index (χ0v) is 20.4. The van der Waals surface area contributed by atoms with E-state index in [0.29, 0.717) is 42.2 Å². The molecule has 0 aromatic carbocycles. The van der Waals surface area contributed by atoms with Gasteiger partial charge in [0.05, 0.1) is 23.7 Å². The Morgan fingerprint density at radius 1 is 1.29 bits per heavy atom. The van der Waals surface area contributed by atoms with Crippen molar-refractivity contribution in [2.45, 2.75) is 43.3 Å². The molecule has 0 aliphatic carbocycles. The van der Waals surface area contributed by atoms with Crippen LogP contribution in [0.3, 0.4) is 0 Å². The number of aromatic nitrogens is 3. The first-order chi connectivity index (χ1) is 16.0. The molecule has 182 valence electrons. The van der Waals surface area contributed by atoms with E-state index in [4.69, 9.17) is 4.74 Å². The van der Waals surface area contributed by atoms with Crippen LogP contribution in [-0.2, 0) is 14.6 Å². The van der Waals surface area contributed by atoms with Gasteiger partial charge < -0.3 is 15.4 Å². The SMILES string of the molecule is COc1cc2ncc(-c3cc(F)nc(NC[C@H]4CCNC(=O)C4)c3)n2cc1S(=O)(=O)C(C)(C)C. The lowest BCUT2D eigenvalue weighted by atomic mass is 9.97. The Labute approximate surface area is 197 Å². The van der Waals surface area contributed by atoms with Crippen LogP contribution in [0.5, 0.6) is 5.75 Å². The molecule has 4 heterocycles. The number of nitrogens with zero attached hydrogens (tertiary/aromatic N) is 3. The summed E-state index contributed by atoms with van der Waals surface area (Å²) < 4.78 is 46.7. The van der Waals surface area contributed by atoms with E-state index in [9.17, 15) is 17.6 Å². The highest BCUT2D eigenvalue weighted by molar-refractivity contribution is 7.92. The van der Waals surface area contributed by atoms with Crippen LogP contribution >= 0.6 is 0 Å². The Morgan fingerprint density at radius 2 is 2.06 bits per heavy atom. The number of anilines is 1. The van der Waals surface area contributed by atoms with E-state index in [2.05, 4.69) is 20.6 Å². The Hall–Kier alpha value is -3.21. The number of carbonyl (C=O) groups excluding carboxylic acids is 1. The molecule has 0 saturated carbocycles. The highest BCUT2D eigenvalue weighted by Gasteiger charge is 2.34. The highest BCUT2D eigenvalue weighted by Crippen LogP contribution is 2.34. The Morgan fingerprint density at radius 3 is 2.74 bits per heavy atom. The molecule has 1 aliphatic heterocycles. The van der Waals surface area contributed by atoms with Crippen LogP contribution < -0.4 is 15.4 Å². The maximum absolute atomic E-state index is 14.4. The first kappa shape index (κ1) is 23.9. The summed E-state index contributed by atoms with van der Waals surface area (Å²) >= 11 is 0. The largest absolute Gasteiger partial charge is 0.495 e. The topological polar surface area (TPSA) is 115 Å². The van der Waals surface area contributed by atoms with Gasteiger partial charge >= 0.3 is 0 Å². The van der Waals surface area contributed by atoms with Crippen molar-refractivity contribution in [2.75, 3.05) is 25.5 Å². The van der Waals surface area contributed by atoms with Crippen LogP contribution in [0.4, 0.5) is 10.2 Å². The average Bonchev–Trinajstić information content (AvgIpc) is 3.18. The summed E-state index contributed by atoms with van der Waals surface area (Å²) in [4.78, 5) is 19.9. The smallest absolute Gasteiger partial charge is 0.220 e. The van der Waals surface area contributed by atoms with Crippen molar-refractivity contribution in [3.05, 3.63) is 36.5 Å². The first-order valence-electron chi connectivity index (χ1n) is 11.0. The van der Waals surface area contributed by atoms with E-state index in [0.717, 1.165) is 6.42 Å². The van der Waals surface area contributed by atoms with E-state index in [-0.39, 0.29) is 22.5 Å². The quantitative estimate of drug-likeness (QED) is 0.512. The fourth-order valence-corrected chi connectivity index (χ4v) is 5.21. The molecule has 3 aromatic rings. The van der Waals surface area contributed by atoms with Crippen LogP contribution in [0.1, 0.15) is 33.6 Å². The third-order valence-corrected chi connectivity index (χ3v) is 8.40. The number of methoxy groups -OCH3 is 1. The summed E-state index contributed by atoms with van der Waals surface area (Å²) in [5, 5.41) is 5.92. The molecule has 1 saturated heterocycles. The van der Waals surface area contributed by atoms with Gasteiger partial charge in [0.25, 0.3) is 0 Å². The summed E-state index contributed by atoms with van der Waals surface area (Å²) in [7, 11) is -2.33. The minimum Gasteiger partial charge on any atom is -0.495 e. The van der Waals surface area contributed by atoms with Crippen molar-refractivity contribution in [1.29, 1.82) is 0 Å². The van der Waals surface area contributed by atoms with E-state index in [1.54, 1.807) is 43.5 Å². The van der Waals surface area contributed by atoms with Crippen molar-refractivity contribution in [2.24, 2.45) is 5.92 Å².